The van der Waals surface area contributed by atoms with Crippen molar-refractivity contribution < 1.29 is 14.6 Å². The number of carbonyl (C=O) groups is 1. The molecular formula is C26H26N4O4. The first-order chi connectivity index (χ1) is 16.5. The molecule has 0 bridgehead atoms. The molecule has 0 atom stereocenters. The number of amides is 1. The molecule has 1 aliphatic heterocycles. The minimum absolute atomic E-state index is 0.0692. The molecule has 0 radical (unpaired) electrons. The largest absolute Gasteiger partial charge is 0.497 e. The summed E-state index contributed by atoms with van der Waals surface area (Å²) in [6.07, 6.45) is 3.93. The number of hydrogen-bond acceptors (Lipinski definition) is 5. The predicted octanol–water partition coefficient (Wildman–Crippen LogP) is 2.84. The highest BCUT2D eigenvalue weighted by Crippen LogP contribution is 2.27. The minimum Gasteiger partial charge on any atom is -0.497 e. The topological polar surface area (TPSA) is 89.1 Å². The molecular weight excluding hydrogens is 432 g/mol. The van der Waals surface area contributed by atoms with Crippen LogP contribution in [0.15, 0.2) is 78.0 Å². The first-order valence-electron chi connectivity index (χ1n) is 11.2. The Balaban J connectivity index is 1.28. The second kappa shape index (κ2) is 8.79. The lowest BCUT2D eigenvalue weighted by Crippen LogP contribution is -2.49. The number of fused-ring (bicyclic) bond motifs is 1. The van der Waals surface area contributed by atoms with E-state index < -0.39 is 5.60 Å². The van der Waals surface area contributed by atoms with Gasteiger partial charge < -0.3 is 14.7 Å². The van der Waals surface area contributed by atoms with Crippen LogP contribution in [0.2, 0.25) is 0 Å². The van der Waals surface area contributed by atoms with Crippen LogP contribution in [0, 0.1) is 0 Å². The molecule has 1 amide bonds. The fourth-order valence-electron chi connectivity index (χ4n) is 4.49. The number of aromatic nitrogens is 3. The number of methoxy groups -OCH3 is 1. The van der Waals surface area contributed by atoms with Gasteiger partial charge in [0.2, 0.25) is 0 Å². The van der Waals surface area contributed by atoms with Crippen LogP contribution in [-0.2, 0) is 6.54 Å². The van der Waals surface area contributed by atoms with Crippen LogP contribution >= 0.6 is 0 Å². The van der Waals surface area contributed by atoms with E-state index in [1.807, 2.05) is 48.5 Å². The summed E-state index contributed by atoms with van der Waals surface area (Å²) in [6.45, 7) is 0.969. The predicted molar refractivity (Wildman–Crippen MR) is 128 cm³/mol. The van der Waals surface area contributed by atoms with Crippen molar-refractivity contribution in [2.75, 3.05) is 20.2 Å². The Hall–Kier alpha value is -3.91. The summed E-state index contributed by atoms with van der Waals surface area (Å²) in [4.78, 5) is 27.6. The molecule has 2 aromatic carbocycles. The molecule has 34 heavy (non-hydrogen) atoms. The fourth-order valence-corrected chi connectivity index (χ4v) is 4.49. The van der Waals surface area contributed by atoms with E-state index in [0.29, 0.717) is 37.0 Å². The van der Waals surface area contributed by atoms with Crippen molar-refractivity contribution >= 4 is 11.4 Å². The molecule has 1 fully saturated rings. The van der Waals surface area contributed by atoms with Gasteiger partial charge in [0.05, 0.1) is 19.3 Å². The lowest BCUT2D eigenvalue weighted by atomic mass is 9.90. The maximum atomic E-state index is 13.2. The summed E-state index contributed by atoms with van der Waals surface area (Å²) < 4.78 is 8.28. The van der Waals surface area contributed by atoms with Crippen LogP contribution in [0.3, 0.4) is 0 Å². The van der Waals surface area contributed by atoms with Gasteiger partial charge in [-0.2, -0.15) is 5.10 Å². The zero-order chi connectivity index (χ0) is 23.7. The summed E-state index contributed by atoms with van der Waals surface area (Å²) >= 11 is 0. The van der Waals surface area contributed by atoms with Gasteiger partial charge in [-0.15, -0.1) is 0 Å². The van der Waals surface area contributed by atoms with Crippen molar-refractivity contribution in [2.45, 2.75) is 25.0 Å². The fraction of sp³-hybridized carbons (Fsp3) is 0.269. The average Bonchev–Trinajstić information content (AvgIpc) is 3.36. The number of piperidine rings is 1. The molecule has 8 nitrogen and oxygen atoms in total. The molecule has 0 unspecified atom stereocenters. The van der Waals surface area contributed by atoms with Gasteiger partial charge in [-0.05, 0) is 60.4 Å². The Kier molecular flexibility index (Phi) is 5.67. The number of benzene rings is 2. The van der Waals surface area contributed by atoms with Crippen LogP contribution in [0.5, 0.6) is 5.75 Å². The molecule has 1 N–H and O–H groups in total. The Morgan fingerprint density at radius 1 is 1.06 bits per heavy atom. The Bertz CT molecular complexity index is 1400. The molecule has 0 spiro atoms. The SMILES string of the molecule is COc1cccc(-c2cccc(C(=O)N3CCC(O)(Cn4cnn5cccc5c4=O)CC3)c2)c1. The highest BCUT2D eigenvalue weighted by atomic mass is 16.5. The number of likely N-dealkylation sites (tertiary alicyclic amines) is 1. The van der Waals surface area contributed by atoms with Gasteiger partial charge in [0.15, 0.2) is 0 Å². The standard InChI is InChI=1S/C26H26N4O4/c1-34-22-8-3-6-20(16-22)19-5-2-7-21(15-19)24(31)28-13-10-26(33,11-14-28)17-29-18-27-30-12-4-9-23(30)25(29)32/h2-9,12,15-16,18,33H,10-11,13-14,17H2,1H3. The maximum absolute atomic E-state index is 13.2. The first-order valence-corrected chi connectivity index (χ1v) is 11.2. The lowest BCUT2D eigenvalue weighted by molar-refractivity contribution is -0.0300. The first kappa shape index (κ1) is 21.9. The number of ether oxygens (including phenoxy) is 1. The van der Waals surface area contributed by atoms with Crippen LogP contribution < -0.4 is 10.3 Å². The van der Waals surface area contributed by atoms with Crippen molar-refractivity contribution in [1.82, 2.24) is 19.1 Å². The summed E-state index contributed by atoms with van der Waals surface area (Å²) in [5, 5.41) is 15.4. The number of hydrogen-bond donors (Lipinski definition) is 1. The van der Waals surface area contributed by atoms with Crippen LogP contribution in [0.4, 0.5) is 0 Å². The highest BCUT2D eigenvalue weighted by Gasteiger charge is 2.35. The number of aliphatic hydroxyl groups is 1. The zero-order valence-corrected chi connectivity index (χ0v) is 18.9. The summed E-state index contributed by atoms with van der Waals surface area (Å²) in [6, 6.07) is 18.7. The second-order valence-electron chi connectivity index (χ2n) is 8.73. The third-order valence-electron chi connectivity index (χ3n) is 6.48. The molecule has 3 heterocycles. The van der Waals surface area contributed by atoms with E-state index in [4.69, 9.17) is 4.74 Å². The van der Waals surface area contributed by atoms with Crippen molar-refractivity contribution in [3.05, 3.63) is 89.1 Å². The van der Waals surface area contributed by atoms with Gasteiger partial charge in [0, 0.05) is 24.8 Å². The third kappa shape index (κ3) is 4.20. The number of carbonyl (C=O) groups excluding carboxylic acids is 1. The average molecular weight is 459 g/mol. The van der Waals surface area contributed by atoms with E-state index in [9.17, 15) is 14.7 Å². The van der Waals surface area contributed by atoms with E-state index in [1.54, 1.807) is 30.3 Å². The summed E-state index contributed by atoms with van der Waals surface area (Å²) in [5.74, 6) is 0.690. The van der Waals surface area contributed by atoms with Crippen molar-refractivity contribution in [2.24, 2.45) is 0 Å². The molecule has 4 aromatic rings. The van der Waals surface area contributed by atoms with E-state index in [1.165, 1.54) is 15.4 Å². The lowest BCUT2D eigenvalue weighted by Gasteiger charge is -2.38. The molecule has 1 aliphatic rings. The van der Waals surface area contributed by atoms with Crippen molar-refractivity contribution in [1.29, 1.82) is 0 Å². The molecule has 8 heteroatoms. The Morgan fingerprint density at radius 2 is 1.79 bits per heavy atom. The summed E-state index contributed by atoms with van der Waals surface area (Å²) in [5.41, 5.74) is 1.71. The van der Waals surface area contributed by atoms with Gasteiger partial charge in [-0.3, -0.25) is 14.2 Å². The minimum atomic E-state index is -1.07. The maximum Gasteiger partial charge on any atom is 0.277 e. The Morgan fingerprint density at radius 3 is 2.56 bits per heavy atom. The number of nitrogens with zero attached hydrogens (tertiary/aromatic N) is 4. The highest BCUT2D eigenvalue weighted by molar-refractivity contribution is 5.95. The number of rotatable bonds is 5. The van der Waals surface area contributed by atoms with E-state index in [2.05, 4.69) is 5.10 Å². The smallest absolute Gasteiger partial charge is 0.277 e. The van der Waals surface area contributed by atoms with E-state index >= 15 is 0 Å². The van der Waals surface area contributed by atoms with Gasteiger partial charge in [0.1, 0.15) is 17.6 Å². The van der Waals surface area contributed by atoms with Crippen LogP contribution in [0.25, 0.3) is 16.6 Å². The molecule has 5 rings (SSSR count). The Labute approximate surface area is 196 Å². The normalized spacial score (nSPS) is 15.4. The quantitative estimate of drug-likeness (QED) is 0.497. The molecule has 0 aliphatic carbocycles. The van der Waals surface area contributed by atoms with Gasteiger partial charge >= 0.3 is 0 Å². The monoisotopic (exact) mass is 458 g/mol. The molecule has 2 aromatic heterocycles. The van der Waals surface area contributed by atoms with Crippen LogP contribution in [0.1, 0.15) is 23.2 Å². The van der Waals surface area contributed by atoms with Crippen molar-refractivity contribution in [3.8, 4) is 16.9 Å². The van der Waals surface area contributed by atoms with E-state index in [-0.39, 0.29) is 18.0 Å². The van der Waals surface area contributed by atoms with Crippen LogP contribution in [-0.4, -0.2) is 55.9 Å². The molecule has 0 saturated carbocycles. The third-order valence-corrected chi connectivity index (χ3v) is 6.48. The van der Waals surface area contributed by atoms with Crippen molar-refractivity contribution in [3.63, 3.8) is 0 Å². The van der Waals surface area contributed by atoms with Gasteiger partial charge in [-0.1, -0.05) is 24.3 Å². The van der Waals surface area contributed by atoms with Gasteiger partial charge in [-0.25, -0.2) is 4.52 Å². The molecule has 174 valence electrons. The molecule has 1 saturated heterocycles. The van der Waals surface area contributed by atoms with Gasteiger partial charge in [0.25, 0.3) is 11.5 Å². The second-order valence-corrected chi connectivity index (χ2v) is 8.73. The summed E-state index contributed by atoms with van der Waals surface area (Å²) in [7, 11) is 1.63. The van der Waals surface area contributed by atoms with E-state index in [0.717, 1.165) is 16.9 Å². The zero-order valence-electron chi connectivity index (χ0n) is 18.9.